The standard InChI is InChI=1S/C19H22N4O/c1-13-8-14(2)10-16(9-13)22-19(20)21-12-15-4-3-5-17(11-15)23-7-6-18(23)24/h3-5,8-11H,6-7,12H2,1-2H3,(H3,20,21,22). The molecule has 5 nitrogen and oxygen atoms in total. The van der Waals surface area contributed by atoms with Crippen molar-refractivity contribution >= 4 is 23.2 Å². The van der Waals surface area contributed by atoms with Crippen molar-refractivity contribution in [2.75, 3.05) is 16.8 Å². The maximum absolute atomic E-state index is 11.5. The van der Waals surface area contributed by atoms with Crippen LogP contribution in [0.3, 0.4) is 0 Å². The lowest BCUT2D eigenvalue weighted by molar-refractivity contribution is -0.122. The summed E-state index contributed by atoms with van der Waals surface area (Å²) in [6, 6.07) is 14.0. The van der Waals surface area contributed by atoms with Gasteiger partial charge < -0.3 is 16.0 Å². The predicted octanol–water partition coefficient (Wildman–Crippen LogP) is 2.97. The number of amides is 1. The molecule has 2 aromatic carbocycles. The summed E-state index contributed by atoms with van der Waals surface area (Å²) in [5, 5.41) is 3.12. The fourth-order valence-electron chi connectivity index (χ4n) is 2.82. The highest BCUT2D eigenvalue weighted by Crippen LogP contribution is 2.23. The van der Waals surface area contributed by atoms with Crippen molar-refractivity contribution in [3.05, 3.63) is 59.2 Å². The third-order valence-electron chi connectivity index (χ3n) is 4.00. The molecule has 0 aliphatic carbocycles. The SMILES string of the molecule is Cc1cc(C)cc(NC(N)=NCc2cccc(N3CCC3=O)c2)c1. The number of nitrogens with one attached hydrogen (secondary N) is 1. The smallest absolute Gasteiger partial charge is 0.228 e. The second-order valence-corrected chi connectivity index (χ2v) is 6.17. The minimum atomic E-state index is 0.173. The molecule has 0 atom stereocenters. The monoisotopic (exact) mass is 322 g/mol. The number of nitrogens with zero attached hydrogens (tertiary/aromatic N) is 2. The lowest BCUT2D eigenvalue weighted by atomic mass is 10.1. The summed E-state index contributed by atoms with van der Waals surface area (Å²) in [5.74, 6) is 0.553. The molecule has 1 aliphatic heterocycles. The summed E-state index contributed by atoms with van der Waals surface area (Å²) in [5.41, 5.74) is 11.2. The number of hydrogen-bond donors (Lipinski definition) is 2. The number of carbonyl (C=O) groups excluding carboxylic acids is 1. The summed E-state index contributed by atoms with van der Waals surface area (Å²) in [6.07, 6.45) is 0.634. The van der Waals surface area contributed by atoms with Gasteiger partial charge in [0.05, 0.1) is 6.54 Å². The van der Waals surface area contributed by atoms with Crippen LogP contribution in [0.1, 0.15) is 23.1 Å². The molecule has 124 valence electrons. The van der Waals surface area contributed by atoms with Crippen LogP contribution in [0.2, 0.25) is 0 Å². The lowest BCUT2D eigenvalue weighted by Crippen LogP contribution is -2.43. The van der Waals surface area contributed by atoms with Gasteiger partial charge in [0.2, 0.25) is 5.91 Å². The number of nitrogens with two attached hydrogens (primary N) is 1. The number of hydrogen-bond acceptors (Lipinski definition) is 2. The molecule has 2 aromatic rings. The largest absolute Gasteiger partial charge is 0.370 e. The molecule has 1 heterocycles. The van der Waals surface area contributed by atoms with Gasteiger partial charge in [-0.05, 0) is 54.8 Å². The molecule has 3 N–H and O–H groups in total. The van der Waals surface area contributed by atoms with E-state index in [2.05, 4.69) is 16.4 Å². The van der Waals surface area contributed by atoms with Crippen LogP contribution >= 0.6 is 0 Å². The minimum absolute atomic E-state index is 0.173. The molecule has 0 unspecified atom stereocenters. The number of benzene rings is 2. The Morgan fingerprint density at radius 1 is 1.21 bits per heavy atom. The molecule has 1 aliphatic rings. The lowest BCUT2D eigenvalue weighted by Gasteiger charge is -2.30. The van der Waals surface area contributed by atoms with Gasteiger partial charge in [-0.2, -0.15) is 0 Å². The van der Waals surface area contributed by atoms with Gasteiger partial charge in [0, 0.05) is 24.3 Å². The molecule has 5 heteroatoms. The van der Waals surface area contributed by atoms with E-state index in [-0.39, 0.29) is 5.91 Å². The Bertz CT molecular complexity index is 777. The molecule has 1 saturated heterocycles. The Kier molecular flexibility index (Phi) is 4.51. The van der Waals surface area contributed by atoms with Gasteiger partial charge in [0.25, 0.3) is 0 Å². The van der Waals surface area contributed by atoms with Crippen LogP contribution in [0.15, 0.2) is 47.5 Å². The van der Waals surface area contributed by atoms with Gasteiger partial charge in [0.1, 0.15) is 0 Å². The van der Waals surface area contributed by atoms with Gasteiger partial charge in [0.15, 0.2) is 5.96 Å². The minimum Gasteiger partial charge on any atom is -0.370 e. The van der Waals surface area contributed by atoms with E-state index in [0.717, 1.165) is 23.5 Å². The van der Waals surface area contributed by atoms with E-state index >= 15 is 0 Å². The van der Waals surface area contributed by atoms with E-state index in [1.165, 1.54) is 11.1 Å². The van der Waals surface area contributed by atoms with E-state index in [1.807, 2.05) is 50.2 Å². The van der Waals surface area contributed by atoms with Gasteiger partial charge in [-0.25, -0.2) is 4.99 Å². The molecule has 1 amide bonds. The van der Waals surface area contributed by atoms with Crippen LogP contribution in [0.5, 0.6) is 0 Å². The molecule has 1 fully saturated rings. The zero-order valence-corrected chi connectivity index (χ0v) is 14.0. The first-order valence-corrected chi connectivity index (χ1v) is 8.06. The van der Waals surface area contributed by atoms with E-state index in [4.69, 9.17) is 5.73 Å². The van der Waals surface area contributed by atoms with Gasteiger partial charge in [-0.15, -0.1) is 0 Å². The third kappa shape index (κ3) is 3.74. The summed E-state index contributed by atoms with van der Waals surface area (Å²) in [4.78, 5) is 17.7. The average Bonchev–Trinajstić information content (AvgIpc) is 2.51. The van der Waals surface area contributed by atoms with Crippen LogP contribution < -0.4 is 16.0 Å². The first-order valence-electron chi connectivity index (χ1n) is 8.06. The number of carbonyl (C=O) groups is 1. The first-order chi connectivity index (χ1) is 11.5. The van der Waals surface area contributed by atoms with E-state index in [1.54, 1.807) is 4.90 Å². The van der Waals surface area contributed by atoms with Crippen LogP contribution in [0.25, 0.3) is 0 Å². The van der Waals surface area contributed by atoms with Crippen LogP contribution in [-0.2, 0) is 11.3 Å². The van der Waals surface area contributed by atoms with Crippen LogP contribution in [0.4, 0.5) is 11.4 Å². The van der Waals surface area contributed by atoms with Crippen molar-refractivity contribution in [1.29, 1.82) is 0 Å². The zero-order valence-electron chi connectivity index (χ0n) is 14.0. The van der Waals surface area contributed by atoms with Crippen molar-refractivity contribution in [3.63, 3.8) is 0 Å². The maximum atomic E-state index is 11.5. The molecular weight excluding hydrogens is 300 g/mol. The highest BCUT2D eigenvalue weighted by molar-refractivity contribution is 5.99. The topological polar surface area (TPSA) is 70.7 Å². The van der Waals surface area contributed by atoms with Gasteiger partial charge >= 0.3 is 0 Å². The van der Waals surface area contributed by atoms with E-state index < -0.39 is 0 Å². The van der Waals surface area contributed by atoms with Crippen molar-refractivity contribution in [3.8, 4) is 0 Å². The molecule has 0 bridgehead atoms. The van der Waals surface area contributed by atoms with E-state index in [9.17, 15) is 4.79 Å². The normalized spacial score (nSPS) is 14.5. The number of anilines is 2. The Balaban J connectivity index is 1.66. The van der Waals surface area contributed by atoms with Crippen molar-refractivity contribution in [1.82, 2.24) is 0 Å². The Morgan fingerprint density at radius 2 is 1.96 bits per heavy atom. The van der Waals surface area contributed by atoms with Crippen LogP contribution in [0, 0.1) is 13.8 Å². The number of guanidine groups is 1. The molecular formula is C19H22N4O. The number of aryl methyl sites for hydroxylation is 2. The Morgan fingerprint density at radius 3 is 2.58 bits per heavy atom. The highest BCUT2D eigenvalue weighted by Gasteiger charge is 2.24. The second kappa shape index (κ2) is 6.74. The maximum Gasteiger partial charge on any atom is 0.228 e. The predicted molar refractivity (Wildman–Crippen MR) is 98.3 cm³/mol. The first kappa shape index (κ1) is 16.1. The molecule has 24 heavy (non-hydrogen) atoms. The molecule has 0 aromatic heterocycles. The molecule has 0 saturated carbocycles. The number of β-lactam (4-membered cyclic amide) rings is 1. The fraction of sp³-hybridized carbons (Fsp3) is 0.263. The molecule has 0 radical (unpaired) electrons. The second-order valence-electron chi connectivity index (χ2n) is 6.17. The summed E-state index contributed by atoms with van der Waals surface area (Å²) in [6.45, 7) is 5.36. The quantitative estimate of drug-likeness (QED) is 0.516. The summed E-state index contributed by atoms with van der Waals surface area (Å²) >= 11 is 0. The molecule has 0 spiro atoms. The van der Waals surface area contributed by atoms with E-state index in [0.29, 0.717) is 18.9 Å². The third-order valence-corrected chi connectivity index (χ3v) is 4.00. The fourth-order valence-corrected chi connectivity index (χ4v) is 2.82. The summed E-state index contributed by atoms with van der Waals surface area (Å²) < 4.78 is 0. The molecule has 3 rings (SSSR count). The number of aliphatic imine (C=N–C) groups is 1. The Labute approximate surface area is 142 Å². The van der Waals surface area contributed by atoms with Crippen molar-refractivity contribution in [2.24, 2.45) is 10.7 Å². The van der Waals surface area contributed by atoms with Crippen molar-refractivity contribution < 1.29 is 4.79 Å². The Hall–Kier alpha value is -2.82. The number of rotatable bonds is 4. The van der Waals surface area contributed by atoms with Gasteiger partial charge in [-0.1, -0.05) is 18.2 Å². The highest BCUT2D eigenvalue weighted by atomic mass is 16.2. The zero-order chi connectivity index (χ0) is 17.1. The summed E-state index contributed by atoms with van der Waals surface area (Å²) in [7, 11) is 0. The van der Waals surface area contributed by atoms with Crippen LogP contribution in [-0.4, -0.2) is 18.4 Å². The van der Waals surface area contributed by atoms with Gasteiger partial charge in [-0.3, -0.25) is 4.79 Å². The van der Waals surface area contributed by atoms with Crippen molar-refractivity contribution in [2.45, 2.75) is 26.8 Å². The average molecular weight is 322 g/mol.